The molecule has 0 saturated carbocycles. The standard InChI is InChI=1S/C20H24OSe/c1-3-4-5-6-12-17-21-18-20(22-2)16-11-10-15-19-13-8-7-9-14-19/h7-11,13-15H,3-5,17-18H2,1-2H3/b15-10+. The van der Waals surface area contributed by atoms with Crippen molar-refractivity contribution in [2.24, 2.45) is 0 Å². The van der Waals surface area contributed by atoms with Gasteiger partial charge in [0.15, 0.2) is 0 Å². The number of ether oxygens (including phenoxy) is 1. The molecule has 0 heterocycles. The summed E-state index contributed by atoms with van der Waals surface area (Å²) in [5.41, 5.74) is 4.51. The van der Waals surface area contributed by atoms with Gasteiger partial charge in [0.1, 0.15) is 0 Å². The second kappa shape index (κ2) is 13.2. The molecule has 0 aliphatic rings. The molecule has 22 heavy (non-hydrogen) atoms. The Morgan fingerprint density at radius 3 is 2.77 bits per heavy atom. The molecule has 1 rings (SSSR count). The Kier molecular flexibility index (Phi) is 11.1. The Balaban J connectivity index is 2.37. The van der Waals surface area contributed by atoms with Gasteiger partial charge in [-0.15, -0.1) is 0 Å². The van der Waals surface area contributed by atoms with Crippen molar-refractivity contribution in [2.45, 2.75) is 32.0 Å². The molecule has 0 aliphatic heterocycles. The van der Waals surface area contributed by atoms with Gasteiger partial charge in [-0.25, -0.2) is 0 Å². The molecule has 1 aromatic carbocycles. The monoisotopic (exact) mass is 360 g/mol. The van der Waals surface area contributed by atoms with Crippen LogP contribution in [0.15, 0.2) is 52.7 Å². The van der Waals surface area contributed by atoms with Crippen molar-refractivity contribution in [3.05, 3.63) is 58.3 Å². The summed E-state index contributed by atoms with van der Waals surface area (Å²) in [5, 5.41) is 0. The SMILES string of the molecule is CCCCC#CCOCC(=C=C/C=C/c1ccccc1)[Se]C. The van der Waals surface area contributed by atoms with Gasteiger partial charge in [-0.05, 0) is 0 Å². The van der Waals surface area contributed by atoms with Crippen molar-refractivity contribution in [2.75, 3.05) is 13.2 Å². The van der Waals surface area contributed by atoms with Crippen molar-refractivity contribution in [3.63, 3.8) is 0 Å². The Morgan fingerprint density at radius 2 is 2.05 bits per heavy atom. The van der Waals surface area contributed by atoms with Crippen LogP contribution in [0.5, 0.6) is 0 Å². The van der Waals surface area contributed by atoms with Crippen molar-refractivity contribution < 1.29 is 4.74 Å². The molecule has 0 amide bonds. The number of allylic oxidation sites excluding steroid dienone is 1. The van der Waals surface area contributed by atoms with Gasteiger partial charge in [0, 0.05) is 0 Å². The quantitative estimate of drug-likeness (QED) is 0.215. The fraction of sp³-hybridized carbons (Fsp3) is 0.350. The molecule has 116 valence electrons. The molecule has 0 aliphatic carbocycles. The van der Waals surface area contributed by atoms with E-state index in [1.165, 1.54) is 22.9 Å². The zero-order chi connectivity index (χ0) is 15.9. The number of hydrogen-bond acceptors (Lipinski definition) is 1. The van der Waals surface area contributed by atoms with E-state index in [1.54, 1.807) is 0 Å². The fourth-order valence-electron chi connectivity index (χ4n) is 1.62. The third-order valence-corrected chi connectivity index (χ3v) is 4.39. The van der Waals surface area contributed by atoms with E-state index in [-0.39, 0.29) is 0 Å². The van der Waals surface area contributed by atoms with E-state index in [0.29, 0.717) is 28.2 Å². The molecule has 0 saturated heterocycles. The molecule has 0 spiro atoms. The van der Waals surface area contributed by atoms with Crippen LogP contribution in [0, 0.1) is 11.8 Å². The summed E-state index contributed by atoms with van der Waals surface area (Å²) >= 11 is 0.409. The Labute approximate surface area is 141 Å². The zero-order valence-corrected chi connectivity index (χ0v) is 15.2. The summed E-state index contributed by atoms with van der Waals surface area (Å²) in [7, 11) is 0. The van der Waals surface area contributed by atoms with Crippen molar-refractivity contribution in [3.8, 4) is 11.8 Å². The van der Waals surface area contributed by atoms with Gasteiger partial charge in [0.25, 0.3) is 0 Å². The average molecular weight is 359 g/mol. The molecular weight excluding hydrogens is 335 g/mol. The van der Waals surface area contributed by atoms with Crippen LogP contribution in [-0.2, 0) is 4.74 Å². The number of rotatable bonds is 8. The number of hydrogen-bond donors (Lipinski definition) is 0. The summed E-state index contributed by atoms with van der Waals surface area (Å²) in [4.78, 5) is 0. The van der Waals surface area contributed by atoms with Gasteiger partial charge in [0.05, 0.1) is 0 Å². The minimum atomic E-state index is 0.409. The minimum absolute atomic E-state index is 0.409. The first kappa shape index (κ1) is 18.6. The fourth-order valence-corrected chi connectivity index (χ4v) is 2.44. The normalized spacial score (nSPS) is 9.91. The predicted molar refractivity (Wildman–Crippen MR) is 96.8 cm³/mol. The number of benzene rings is 1. The Bertz CT molecular complexity index is 554. The Hall–Kier alpha value is -1.48. The molecule has 1 nitrogen and oxygen atoms in total. The van der Waals surface area contributed by atoms with Crippen molar-refractivity contribution in [1.29, 1.82) is 0 Å². The third-order valence-electron chi connectivity index (χ3n) is 2.86. The maximum absolute atomic E-state index is 5.58. The second-order valence-electron chi connectivity index (χ2n) is 4.66. The first-order valence-electron chi connectivity index (χ1n) is 7.61. The first-order valence-corrected chi connectivity index (χ1v) is 10.2. The summed E-state index contributed by atoms with van der Waals surface area (Å²) < 4.78 is 6.80. The third kappa shape index (κ3) is 9.45. The van der Waals surface area contributed by atoms with Crippen LogP contribution in [0.2, 0.25) is 5.82 Å². The van der Waals surface area contributed by atoms with E-state index in [9.17, 15) is 0 Å². The van der Waals surface area contributed by atoms with Crippen LogP contribution in [0.1, 0.15) is 31.7 Å². The van der Waals surface area contributed by atoms with Gasteiger partial charge in [-0.3, -0.25) is 0 Å². The van der Waals surface area contributed by atoms with Gasteiger partial charge in [-0.2, -0.15) is 0 Å². The summed E-state index contributed by atoms with van der Waals surface area (Å²) in [6.45, 7) is 3.33. The van der Waals surface area contributed by atoms with Crippen molar-refractivity contribution >= 4 is 21.0 Å². The molecule has 0 radical (unpaired) electrons. The first-order chi connectivity index (χ1) is 10.9. The predicted octanol–water partition coefficient (Wildman–Crippen LogP) is 4.70. The van der Waals surface area contributed by atoms with Crippen LogP contribution in [0.25, 0.3) is 6.08 Å². The molecule has 0 atom stereocenters. The van der Waals surface area contributed by atoms with Crippen LogP contribution in [0.3, 0.4) is 0 Å². The molecule has 0 N–H and O–H groups in total. The molecule has 2 heteroatoms. The van der Waals surface area contributed by atoms with Gasteiger partial charge < -0.3 is 0 Å². The molecule has 0 bridgehead atoms. The maximum atomic E-state index is 5.58. The second-order valence-corrected chi connectivity index (χ2v) is 6.55. The molecule has 1 aromatic rings. The number of unbranched alkanes of at least 4 members (excludes halogenated alkanes) is 2. The van der Waals surface area contributed by atoms with E-state index < -0.39 is 0 Å². The molecule has 0 aromatic heterocycles. The van der Waals surface area contributed by atoms with E-state index in [2.05, 4.69) is 48.5 Å². The summed E-state index contributed by atoms with van der Waals surface area (Å²) in [5.74, 6) is 8.37. The molecule has 0 fully saturated rings. The zero-order valence-electron chi connectivity index (χ0n) is 13.5. The van der Waals surface area contributed by atoms with Gasteiger partial charge in [0.2, 0.25) is 0 Å². The van der Waals surface area contributed by atoms with E-state index in [4.69, 9.17) is 4.74 Å². The summed E-state index contributed by atoms with van der Waals surface area (Å²) in [6, 6.07) is 10.3. The molecular formula is C20H24OSe. The van der Waals surface area contributed by atoms with Crippen LogP contribution in [-0.4, -0.2) is 28.2 Å². The summed E-state index contributed by atoms with van der Waals surface area (Å²) in [6.07, 6.45) is 9.40. The van der Waals surface area contributed by atoms with E-state index >= 15 is 0 Å². The van der Waals surface area contributed by atoms with Crippen LogP contribution >= 0.6 is 0 Å². The van der Waals surface area contributed by atoms with Crippen LogP contribution in [0.4, 0.5) is 0 Å². The molecule has 0 unspecified atom stereocenters. The van der Waals surface area contributed by atoms with E-state index in [1.807, 2.05) is 30.4 Å². The van der Waals surface area contributed by atoms with Crippen LogP contribution < -0.4 is 0 Å². The van der Waals surface area contributed by atoms with Crippen molar-refractivity contribution in [1.82, 2.24) is 0 Å². The van der Waals surface area contributed by atoms with E-state index in [0.717, 1.165) is 6.42 Å². The van der Waals surface area contributed by atoms with Gasteiger partial charge >= 0.3 is 141 Å². The average Bonchev–Trinajstić information content (AvgIpc) is 2.57. The van der Waals surface area contributed by atoms with Gasteiger partial charge in [-0.1, -0.05) is 0 Å². The topological polar surface area (TPSA) is 9.23 Å². The Morgan fingerprint density at radius 1 is 1.23 bits per heavy atom.